The largest absolute Gasteiger partial charge is 0.464 e. The minimum atomic E-state index is -0.676. The summed E-state index contributed by atoms with van der Waals surface area (Å²) in [7, 11) is 1.80. The third-order valence-electron chi connectivity index (χ3n) is 4.96. The molecular formula is C23H39NO3. The Morgan fingerprint density at radius 1 is 1.15 bits per heavy atom. The number of unbranched alkanes of at least 4 members (excludes halogenated alkanes) is 2. The average Bonchev–Trinajstić information content (AvgIpc) is 2.60. The van der Waals surface area contributed by atoms with Crippen LogP contribution in [0.4, 0.5) is 0 Å². The fourth-order valence-electron chi connectivity index (χ4n) is 3.40. The molecule has 1 aromatic rings. The smallest absolute Gasteiger partial charge is 0.326 e. The van der Waals surface area contributed by atoms with Crippen LogP contribution in [0.1, 0.15) is 84.0 Å². The van der Waals surface area contributed by atoms with Gasteiger partial charge in [-0.1, -0.05) is 71.2 Å². The van der Waals surface area contributed by atoms with Crippen LogP contribution in [0.5, 0.6) is 0 Å². The maximum atomic E-state index is 12.5. The van der Waals surface area contributed by atoms with Crippen molar-refractivity contribution in [1.29, 1.82) is 0 Å². The van der Waals surface area contributed by atoms with Gasteiger partial charge in [-0.15, -0.1) is 0 Å². The van der Waals surface area contributed by atoms with Crippen LogP contribution in [0.25, 0.3) is 0 Å². The number of aliphatic hydroxyl groups excluding tert-OH is 1. The van der Waals surface area contributed by atoms with E-state index in [2.05, 4.69) is 33.0 Å². The first-order chi connectivity index (χ1) is 12.6. The van der Waals surface area contributed by atoms with E-state index < -0.39 is 11.6 Å². The molecule has 0 amide bonds. The van der Waals surface area contributed by atoms with Crippen LogP contribution in [0.2, 0.25) is 0 Å². The van der Waals surface area contributed by atoms with E-state index in [1.165, 1.54) is 0 Å². The van der Waals surface area contributed by atoms with Crippen molar-refractivity contribution in [1.82, 2.24) is 5.32 Å². The fourth-order valence-corrected chi connectivity index (χ4v) is 3.40. The van der Waals surface area contributed by atoms with E-state index >= 15 is 0 Å². The van der Waals surface area contributed by atoms with Gasteiger partial charge < -0.3 is 15.2 Å². The van der Waals surface area contributed by atoms with E-state index in [9.17, 15) is 9.90 Å². The molecule has 0 fully saturated rings. The van der Waals surface area contributed by atoms with Gasteiger partial charge in [0.15, 0.2) is 0 Å². The Morgan fingerprint density at radius 2 is 1.78 bits per heavy atom. The van der Waals surface area contributed by atoms with Gasteiger partial charge in [-0.2, -0.15) is 0 Å². The SMILES string of the molecule is CCCCCC(O)c1ccc(CCOC(=O)C(C)(CC(C)(C)C)NC)cc1. The Morgan fingerprint density at radius 3 is 2.30 bits per heavy atom. The van der Waals surface area contributed by atoms with E-state index in [0.29, 0.717) is 19.4 Å². The van der Waals surface area contributed by atoms with Crippen molar-refractivity contribution in [3.63, 3.8) is 0 Å². The Balaban J connectivity index is 2.50. The summed E-state index contributed by atoms with van der Waals surface area (Å²) in [5.41, 5.74) is 1.42. The van der Waals surface area contributed by atoms with Crippen LogP contribution in [0.3, 0.4) is 0 Å². The summed E-state index contributed by atoms with van der Waals surface area (Å²) in [5, 5.41) is 13.3. The van der Waals surface area contributed by atoms with Gasteiger partial charge in [-0.3, -0.25) is 4.79 Å². The Labute approximate surface area is 165 Å². The maximum absolute atomic E-state index is 12.5. The third kappa shape index (κ3) is 8.44. The molecule has 0 aliphatic carbocycles. The van der Waals surface area contributed by atoms with E-state index in [1.807, 2.05) is 31.2 Å². The van der Waals surface area contributed by atoms with Crippen molar-refractivity contribution >= 4 is 5.97 Å². The summed E-state index contributed by atoms with van der Waals surface area (Å²) in [6.07, 6.45) is 5.16. The predicted octanol–water partition coefficient (Wildman–Crippen LogP) is 4.80. The molecule has 0 aliphatic heterocycles. The molecule has 4 heteroatoms. The number of nitrogens with one attached hydrogen (secondary N) is 1. The Kier molecular flexibility index (Phi) is 9.48. The van der Waals surface area contributed by atoms with Crippen LogP contribution < -0.4 is 5.32 Å². The average molecular weight is 378 g/mol. The highest BCUT2D eigenvalue weighted by Gasteiger charge is 2.37. The second kappa shape index (κ2) is 10.8. The van der Waals surface area contributed by atoms with Crippen molar-refractivity contribution in [2.24, 2.45) is 5.41 Å². The number of ether oxygens (including phenoxy) is 1. The molecule has 27 heavy (non-hydrogen) atoms. The van der Waals surface area contributed by atoms with E-state index in [-0.39, 0.29) is 11.4 Å². The van der Waals surface area contributed by atoms with Gasteiger partial charge in [0.2, 0.25) is 0 Å². The number of rotatable bonds is 11. The molecule has 0 saturated heterocycles. The zero-order valence-corrected chi connectivity index (χ0v) is 18.1. The van der Waals surface area contributed by atoms with Crippen LogP contribution in [0.15, 0.2) is 24.3 Å². The van der Waals surface area contributed by atoms with Gasteiger partial charge >= 0.3 is 5.97 Å². The molecule has 4 nitrogen and oxygen atoms in total. The lowest BCUT2D eigenvalue weighted by Gasteiger charge is -2.33. The first-order valence-electron chi connectivity index (χ1n) is 10.2. The molecule has 0 radical (unpaired) electrons. The zero-order valence-electron chi connectivity index (χ0n) is 18.1. The molecule has 0 bridgehead atoms. The number of esters is 1. The number of aliphatic hydroxyl groups is 1. The number of hydrogen-bond acceptors (Lipinski definition) is 4. The van der Waals surface area contributed by atoms with Crippen molar-refractivity contribution in [3.05, 3.63) is 35.4 Å². The molecule has 1 aromatic carbocycles. The molecule has 0 heterocycles. The van der Waals surface area contributed by atoms with Gasteiger partial charge in [0.1, 0.15) is 5.54 Å². The summed E-state index contributed by atoms with van der Waals surface area (Å²) >= 11 is 0. The molecule has 0 aliphatic rings. The van der Waals surface area contributed by atoms with Gasteiger partial charge in [0.25, 0.3) is 0 Å². The second-order valence-electron chi connectivity index (χ2n) is 8.96. The standard InChI is InChI=1S/C23H39NO3/c1-7-8-9-10-20(25)19-13-11-18(12-14-19)15-16-27-21(26)23(5,24-6)17-22(2,3)4/h11-14,20,24-25H,7-10,15-17H2,1-6H3. The quantitative estimate of drug-likeness (QED) is 0.429. The molecule has 2 atom stereocenters. The monoisotopic (exact) mass is 377 g/mol. The predicted molar refractivity (Wildman–Crippen MR) is 112 cm³/mol. The first-order valence-corrected chi connectivity index (χ1v) is 10.2. The summed E-state index contributed by atoms with van der Waals surface area (Å²) < 4.78 is 5.54. The van der Waals surface area contributed by atoms with Gasteiger partial charge in [0.05, 0.1) is 12.7 Å². The second-order valence-corrected chi connectivity index (χ2v) is 8.96. The molecule has 0 spiro atoms. The number of hydrogen-bond donors (Lipinski definition) is 2. The van der Waals surface area contributed by atoms with Crippen molar-refractivity contribution in [2.45, 2.75) is 84.8 Å². The Bertz CT molecular complexity index is 562. The summed E-state index contributed by atoms with van der Waals surface area (Å²) in [4.78, 5) is 12.5. The van der Waals surface area contributed by atoms with Gasteiger partial charge in [-0.05, 0) is 43.4 Å². The maximum Gasteiger partial charge on any atom is 0.326 e. The lowest BCUT2D eigenvalue weighted by molar-refractivity contribution is -0.152. The van der Waals surface area contributed by atoms with Crippen LogP contribution in [-0.4, -0.2) is 30.3 Å². The third-order valence-corrected chi connectivity index (χ3v) is 4.96. The van der Waals surface area contributed by atoms with Crippen LogP contribution >= 0.6 is 0 Å². The van der Waals surface area contributed by atoms with Gasteiger partial charge in [-0.25, -0.2) is 0 Å². The fraction of sp³-hybridized carbons (Fsp3) is 0.696. The normalized spacial score (nSPS) is 15.2. The first kappa shape index (κ1) is 23.6. The minimum Gasteiger partial charge on any atom is -0.464 e. The van der Waals surface area contributed by atoms with Crippen LogP contribution in [-0.2, 0) is 16.0 Å². The van der Waals surface area contributed by atoms with Crippen molar-refractivity contribution < 1.29 is 14.6 Å². The zero-order chi connectivity index (χ0) is 20.5. The van der Waals surface area contributed by atoms with Crippen LogP contribution in [0, 0.1) is 5.41 Å². The molecule has 0 aromatic heterocycles. The van der Waals surface area contributed by atoms with E-state index in [4.69, 9.17) is 4.74 Å². The summed E-state index contributed by atoms with van der Waals surface area (Å²) in [6, 6.07) is 7.98. The minimum absolute atomic E-state index is 0.0323. The molecule has 154 valence electrons. The topological polar surface area (TPSA) is 58.6 Å². The molecule has 2 unspecified atom stereocenters. The van der Waals surface area contributed by atoms with Crippen molar-refractivity contribution in [2.75, 3.05) is 13.7 Å². The molecule has 2 N–H and O–H groups in total. The van der Waals surface area contributed by atoms with Gasteiger partial charge in [0, 0.05) is 6.42 Å². The van der Waals surface area contributed by atoms with Crippen molar-refractivity contribution in [3.8, 4) is 0 Å². The Hall–Kier alpha value is -1.39. The molecule has 0 saturated carbocycles. The summed E-state index contributed by atoms with van der Waals surface area (Å²) in [5.74, 6) is -0.206. The highest BCUT2D eigenvalue weighted by molar-refractivity contribution is 5.80. The van der Waals surface area contributed by atoms with E-state index in [1.54, 1.807) is 7.05 Å². The highest BCUT2D eigenvalue weighted by Crippen LogP contribution is 2.28. The van der Waals surface area contributed by atoms with E-state index in [0.717, 1.165) is 36.8 Å². The lowest BCUT2D eigenvalue weighted by Crippen LogP contribution is -2.51. The number of likely N-dealkylation sites (N-methyl/N-ethyl adjacent to an activating group) is 1. The highest BCUT2D eigenvalue weighted by atomic mass is 16.5. The molecular weight excluding hydrogens is 338 g/mol. The number of carbonyl (C=O) groups is 1. The molecule has 1 rings (SSSR count). The summed E-state index contributed by atoms with van der Waals surface area (Å²) in [6.45, 7) is 10.8. The lowest BCUT2D eigenvalue weighted by atomic mass is 9.81. The number of carbonyl (C=O) groups excluding carboxylic acids is 1. The number of benzene rings is 1.